The Morgan fingerprint density at radius 2 is 1.56 bits per heavy atom. The summed E-state index contributed by atoms with van der Waals surface area (Å²) in [5.41, 5.74) is 8.07. The summed E-state index contributed by atoms with van der Waals surface area (Å²) >= 11 is 0. The molecular weight excluding hydrogens is 223 g/mol. The molecule has 18 heavy (non-hydrogen) atoms. The molecule has 6 heteroatoms. The van der Waals surface area contributed by atoms with Crippen LogP contribution >= 0.6 is 0 Å². The maximum Gasteiger partial charge on any atom is 0.126 e. The van der Waals surface area contributed by atoms with Crippen molar-refractivity contribution in [2.45, 2.75) is 24.5 Å². The molecule has 0 saturated heterocycles. The van der Waals surface area contributed by atoms with Crippen molar-refractivity contribution in [1.82, 2.24) is 0 Å². The predicted molar refractivity (Wildman–Crippen MR) is 84.2 cm³/mol. The van der Waals surface area contributed by atoms with Crippen LogP contribution in [-0.4, -0.2) is 43.2 Å². The molecule has 0 aliphatic heterocycles. The minimum absolute atomic E-state index is 0.223. The minimum atomic E-state index is -0.361. The molecule has 0 aromatic heterocycles. The summed E-state index contributed by atoms with van der Waals surface area (Å²) in [4.78, 5) is 0. The zero-order valence-corrected chi connectivity index (χ0v) is 12.5. The van der Waals surface area contributed by atoms with Crippen molar-refractivity contribution in [3.05, 3.63) is 23.3 Å². The number of hydrogen-bond donors (Lipinski definition) is 1. The third-order valence-corrected chi connectivity index (χ3v) is 4.00. The lowest BCUT2D eigenvalue weighted by Crippen LogP contribution is -2.58. The molecule has 1 atom stereocenters. The maximum atomic E-state index is 6.30. The summed E-state index contributed by atoms with van der Waals surface area (Å²) in [6.07, 6.45) is 0. The van der Waals surface area contributed by atoms with Crippen LogP contribution in [0.2, 0.25) is 0 Å². The van der Waals surface area contributed by atoms with Crippen molar-refractivity contribution in [2.75, 3.05) is 14.2 Å². The van der Waals surface area contributed by atoms with Gasteiger partial charge in [-0.15, -0.1) is 0 Å². The standard InChI is InChI=1S/C12H22B3NO2/c1-7-5-10(18-4)8(6-9(7)17-3)12(14,15)11(2,13)16/h5-6H,13-16H2,1-4H3/t11-/m1/s1. The summed E-state index contributed by atoms with van der Waals surface area (Å²) in [6.45, 7) is 4.03. The number of nitrogens with two attached hydrogens (primary N) is 1. The van der Waals surface area contributed by atoms with E-state index in [2.05, 4.69) is 15.7 Å². The van der Waals surface area contributed by atoms with Crippen LogP contribution < -0.4 is 15.2 Å². The van der Waals surface area contributed by atoms with Crippen LogP contribution in [0.5, 0.6) is 11.5 Å². The summed E-state index contributed by atoms with van der Waals surface area (Å²) in [7, 11) is 9.64. The summed E-state index contributed by atoms with van der Waals surface area (Å²) in [6, 6.07) is 4.03. The molecule has 0 aliphatic rings. The molecule has 0 amide bonds. The SMILES string of the molecule is BC(B)(c1cc(OC)c(C)cc1OC)[C@@](B)(C)N. The van der Waals surface area contributed by atoms with Gasteiger partial charge in [0, 0.05) is 0 Å². The molecule has 1 rings (SSSR count). The Hall–Kier alpha value is -1.03. The van der Waals surface area contributed by atoms with Gasteiger partial charge in [-0.3, -0.25) is 0 Å². The Morgan fingerprint density at radius 3 is 1.94 bits per heavy atom. The fourth-order valence-corrected chi connectivity index (χ4v) is 1.89. The average molecular weight is 245 g/mol. The van der Waals surface area contributed by atoms with E-state index in [9.17, 15) is 0 Å². The van der Waals surface area contributed by atoms with Crippen LogP contribution in [0.4, 0.5) is 0 Å². The predicted octanol–water partition coefficient (Wildman–Crippen LogP) is -1.26. The van der Waals surface area contributed by atoms with Crippen LogP contribution in [0.1, 0.15) is 18.1 Å². The van der Waals surface area contributed by atoms with Gasteiger partial charge in [-0.1, -0.05) is 6.92 Å². The first kappa shape index (κ1) is 15.0. The fraction of sp³-hybridized carbons (Fsp3) is 0.500. The second kappa shape index (κ2) is 4.92. The number of ether oxygens (including phenoxy) is 2. The van der Waals surface area contributed by atoms with Crippen LogP contribution in [0.3, 0.4) is 0 Å². The van der Waals surface area contributed by atoms with Crippen molar-refractivity contribution >= 4 is 23.5 Å². The first-order valence-electron chi connectivity index (χ1n) is 6.17. The topological polar surface area (TPSA) is 44.5 Å². The van der Waals surface area contributed by atoms with Gasteiger partial charge in [0.25, 0.3) is 0 Å². The van der Waals surface area contributed by atoms with Crippen molar-refractivity contribution in [3.63, 3.8) is 0 Å². The highest BCUT2D eigenvalue weighted by Crippen LogP contribution is 2.37. The molecule has 0 bridgehead atoms. The zero-order valence-electron chi connectivity index (χ0n) is 12.5. The number of methoxy groups -OCH3 is 2. The second-order valence-corrected chi connectivity index (χ2v) is 5.87. The molecule has 1 aromatic carbocycles. The van der Waals surface area contributed by atoms with Gasteiger partial charge in [-0.2, -0.15) is 0 Å². The molecule has 0 fully saturated rings. The quantitative estimate of drug-likeness (QED) is 0.673. The van der Waals surface area contributed by atoms with Gasteiger partial charge in [-0.05, 0) is 40.8 Å². The maximum absolute atomic E-state index is 6.30. The van der Waals surface area contributed by atoms with Gasteiger partial charge < -0.3 is 15.2 Å². The number of benzene rings is 1. The van der Waals surface area contributed by atoms with Gasteiger partial charge in [0.05, 0.1) is 14.2 Å². The smallest absolute Gasteiger partial charge is 0.126 e. The Bertz CT molecular complexity index is 442. The number of aryl methyl sites for hydroxylation is 1. The molecule has 3 nitrogen and oxygen atoms in total. The first-order chi connectivity index (χ1) is 8.15. The summed E-state index contributed by atoms with van der Waals surface area (Å²) in [5.74, 6) is 1.72. The van der Waals surface area contributed by atoms with E-state index in [1.807, 2.05) is 33.8 Å². The molecule has 0 radical (unpaired) electrons. The molecule has 0 spiro atoms. The van der Waals surface area contributed by atoms with Crippen LogP contribution in [0.15, 0.2) is 12.1 Å². The van der Waals surface area contributed by atoms with Gasteiger partial charge in [0.2, 0.25) is 0 Å². The molecule has 0 heterocycles. The van der Waals surface area contributed by atoms with Gasteiger partial charge in [0.15, 0.2) is 0 Å². The molecular formula is C12H22B3NO2. The minimum Gasteiger partial charge on any atom is -0.496 e. The molecule has 2 N–H and O–H groups in total. The van der Waals surface area contributed by atoms with Crippen molar-refractivity contribution in [3.8, 4) is 11.5 Å². The highest BCUT2D eigenvalue weighted by atomic mass is 16.5. The lowest BCUT2D eigenvalue weighted by atomic mass is 9.38. The van der Waals surface area contributed by atoms with E-state index in [4.69, 9.17) is 15.2 Å². The van der Waals surface area contributed by atoms with E-state index in [-0.39, 0.29) is 10.7 Å². The zero-order chi connectivity index (χ0) is 14.1. The summed E-state index contributed by atoms with van der Waals surface area (Å²) in [5, 5.41) is -0.223. The van der Waals surface area contributed by atoms with E-state index in [1.54, 1.807) is 14.2 Å². The van der Waals surface area contributed by atoms with Crippen LogP contribution in [0.25, 0.3) is 0 Å². The lowest BCUT2D eigenvalue weighted by Gasteiger charge is -2.40. The van der Waals surface area contributed by atoms with Crippen LogP contribution in [0, 0.1) is 6.92 Å². The second-order valence-electron chi connectivity index (χ2n) is 5.87. The Labute approximate surface area is 113 Å². The highest BCUT2D eigenvalue weighted by Gasteiger charge is 2.37. The Balaban J connectivity index is 3.48. The highest BCUT2D eigenvalue weighted by molar-refractivity contribution is 6.45. The van der Waals surface area contributed by atoms with Crippen molar-refractivity contribution in [1.29, 1.82) is 0 Å². The normalized spacial score (nSPS) is 14.9. The molecule has 96 valence electrons. The molecule has 0 saturated carbocycles. The third kappa shape index (κ3) is 2.53. The van der Waals surface area contributed by atoms with Gasteiger partial charge in [-0.25, -0.2) is 0 Å². The largest absolute Gasteiger partial charge is 0.496 e. The van der Waals surface area contributed by atoms with E-state index in [1.165, 1.54) is 0 Å². The summed E-state index contributed by atoms with van der Waals surface area (Å²) < 4.78 is 10.9. The fourth-order valence-electron chi connectivity index (χ4n) is 1.89. The Kier molecular flexibility index (Phi) is 4.11. The monoisotopic (exact) mass is 245 g/mol. The van der Waals surface area contributed by atoms with Crippen LogP contribution in [-0.2, 0) is 5.21 Å². The molecule has 0 aliphatic carbocycles. The molecule has 1 aromatic rings. The van der Waals surface area contributed by atoms with Gasteiger partial charge in [0.1, 0.15) is 35.0 Å². The molecule has 0 unspecified atom stereocenters. The average Bonchev–Trinajstić information content (AvgIpc) is 2.26. The number of hydrogen-bond acceptors (Lipinski definition) is 3. The van der Waals surface area contributed by atoms with Crippen molar-refractivity contribution in [2.24, 2.45) is 5.73 Å². The third-order valence-electron chi connectivity index (χ3n) is 4.00. The first-order valence-corrected chi connectivity index (χ1v) is 6.17. The van der Waals surface area contributed by atoms with E-state index in [0.717, 1.165) is 22.6 Å². The number of rotatable bonds is 4. The van der Waals surface area contributed by atoms with E-state index >= 15 is 0 Å². The lowest BCUT2D eigenvalue weighted by molar-refractivity contribution is 0.390. The Morgan fingerprint density at radius 1 is 1.06 bits per heavy atom. The van der Waals surface area contributed by atoms with E-state index in [0.29, 0.717) is 0 Å². The van der Waals surface area contributed by atoms with Crippen molar-refractivity contribution < 1.29 is 9.47 Å². The van der Waals surface area contributed by atoms with Gasteiger partial charge >= 0.3 is 0 Å². The van der Waals surface area contributed by atoms with E-state index < -0.39 is 0 Å².